The molecular formula is C23H21N5S2. The zero-order chi connectivity index (χ0) is 19.9. The van der Waals surface area contributed by atoms with Gasteiger partial charge < -0.3 is 15.2 Å². The minimum atomic E-state index is 0.303. The molecule has 3 aromatic rings. The molecule has 0 unspecified atom stereocenters. The molecular weight excluding hydrogens is 410 g/mol. The molecule has 5 nitrogen and oxygen atoms in total. The fourth-order valence-corrected chi connectivity index (χ4v) is 6.11. The van der Waals surface area contributed by atoms with Crippen LogP contribution in [0.25, 0.3) is 10.9 Å². The van der Waals surface area contributed by atoms with Gasteiger partial charge in [-0.2, -0.15) is 0 Å². The van der Waals surface area contributed by atoms with E-state index in [0.717, 1.165) is 35.6 Å². The van der Waals surface area contributed by atoms with Gasteiger partial charge in [-0.15, -0.1) is 0 Å². The number of anilines is 1. The molecule has 0 radical (unpaired) electrons. The van der Waals surface area contributed by atoms with Gasteiger partial charge >= 0.3 is 0 Å². The number of hydrogen-bond acceptors (Lipinski definition) is 6. The van der Waals surface area contributed by atoms with Crippen molar-refractivity contribution in [3.63, 3.8) is 0 Å². The molecule has 3 aliphatic rings. The number of para-hydroxylation sites is 2. The van der Waals surface area contributed by atoms with Gasteiger partial charge in [0.05, 0.1) is 12.6 Å². The van der Waals surface area contributed by atoms with Gasteiger partial charge in [-0.25, -0.2) is 0 Å². The maximum Gasteiger partial charge on any atom is 0.168 e. The van der Waals surface area contributed by atoms with Crippen LogP contribution in [0.1, 0.15) is 11.1 Å². The zero-order valence-electron chi connectivity index (χ0n) is 16.3. The first kappa shape index (κ1) is 18.2. The van der Waals surface area contributed by atoms with Crippen LogP contribution in [0.2, 0.25) is 0 Å². The lowest BCUT2D eigenvalue weighted by molar-refractivity contribution is 0.513. The van der Waals surface area contributed by atoms with Crippen LogP contribution in [0, 0.1) is 0 Å². The van der Waals surface area contributed by atoms with Crippen LogP contribution in [0.15, 0.2) is 75.8 Å². The first-order valence-corrected chi connectivity index (χ1v) is 12.0. The van der Waals surface area contributed by atoms with Crippen molar-refractivity contribution in [2.75, 3.05) is 17.6 Å². The Bertz CT molecular complexity index is 1210. The van der Waals surface area contributed by atoms with E-state index in [1.165, 1.54) is 33.4 Å². The fourth-order valence-electron chi connectivity index (χ4n) is 4.17. The maximum absolute atomic E-state index is 4.99. The number of nitrogens with one attached hydrogen (secondary N) is 2. The molecule has 30 heavy (non-hydrogen) atoms. The molecule has 2 aromatic carbocycles. The molecule has 7 heteroatoms. The van der Waals surface area contributed by atoms with Crippen molar-refractivity contribution in [2.24, 2.45) is 9.98 Å². The van der Waals surface area contributed by atoms with Crippen molar-refractivity contribution in [2.45, 2.75) is 19.0 Å². The molecule has 2 N–H and O–H groups in total. The van der Waals surface area contributed by atoms with Gasteiger partial charge in [-0.3, -0.25) is 9.98 Å². The van der Waals surface area contributed by atoms with E-state index in [9.17, 15) is 0 Å². The Hall–Kier alpha value is -2.64. The van der Waals surface area contributed by atoms with Crippen LogP contribution in [-0.2, 0) is 13.0 Å². The summed E-state index contributed by atoms with van der Waals surface area (Å²) in [5, 5.41) is 9.15. The predicted molar refractivity (Wildman–Crippen MR) is 129 cm³/mol. The number of aliphatic imine (C=N–C) groups is 2. The van der Waals surface area contributed by atoms with Gasteiger partial charge in [0.15, 0.2) is 10.3 Å². The summed E-state index contributed by atoms with van der Waals surface area (Å²) in [6.45, 7) is 1.71. The van der Waals surface area contributed by atoms with Gasteiger partial charge in [0.2, 0.25) is 0 Å². The summed E-state index contributed by atoms with van der Waals surface area (Å²) in [6, 6.07) is 17.2. The number of benzene rings is 2. The second-order valence-electron chi connectivity index (χ2n) is 7.66. The highest BCUT2D eigenvalue weighted by atomic mass is 32.2. The fraction of sp³-hybridized carbons (Fsp3) is 0.217. The second-order valence-corrected chi connectivity index (χ2v) is 9.46. The summed E-state index contributed by atoms with van der Waals surface area (Å²) in [4.78, 5) is 15.5. The molecule has 0 fully saturated rings. The lowest BCUT2D eigenvalue weighted by Crippen LogP contribution is -2.26. The third-order valence-corrected chi connectivity index (χ3v) is 7.57. The molecule has 6 rings (SSSR count). The Morgan fingerprint density at radius 2 is 2.03 bits per heavy atom. The Balaban J connectivity index is 1.09. The van der Waals surface area contributed by atoms with Gasteiger partial charge in [0.25, 0.3) is 0 Å². The van der Waals surface area contributed by atoms with Gasteiger partial charge in [-0.05, 0) is 35.1 Å². The number of aromatic nitrogens is 1. The molecule has 0 spiro atoms. The summed E-state index contributed by atoms with van der Waals surface area (Å²) >= 11 is 3.52. The van der Waals surface area contributed by atoms with Crippen LogP contribution in [0.5, 0.6) is 0 Å². The zero-order valence-corrected chi connectivity index (χ0v) is 18.0. The minimum absolute atomic E-state index is 0.303. The van der Waals surface area contributed by atoms with Crippen LogP contribution in [0.3, 0.4) is 0 Å². The molecule has 1 aromatic heterocycles. The number of rotatable bonds is 4. The molecule has 3 aliphatic heterocycles. The van der Waals surface area contributed by atoms with Crippen molar-refractivity contribution in [3.8, 4) is 0 Å². The van der Waals surface area contributed by atoms with Crippen molar-refractivity contribution in [1.82, 2.24) is 9.88 Å². The monoisotopic (exact) mass is 431 g/mol. The second kappa shape index (κ2) is 7.56. The lowest BCUT2D eigenvalue weighted by Gasteiger charge is -2.20. The molecule has 1 atom stereocenters. The van der Waals surface area contributed by atoms with Gasteiger partial charge in [0.1, 0.15) is 0 Å². The third-order valence-electron chi connectivity index (χ3n) is 5.70. The van der Waals surface area contributed by atoms with Crippen molar-refractivity contribution in [3.05, 3.63) is 77.0 Å². The van der Waals surface area contributed by atoms with Crippen LogP contribution < -0.4 is 5.32 Å². The highest BCUT2D eigenvalue weighted by Crippen LogP contribution is 2.35. The van der Waals surface area contributed by atoms with Crippen LogP contribution in [0.4, 0.5) is 5.69 Å². The van der Waals surface area contributed by atoms with Gasteiger partial charge in [0, 0.05) is 40.8 Å². The Morgan fingerprint density at radius 1 is 1.13 bits per heavy atom. The van der Waals surface area contributed by atoms with E-state index in [1.807, 2.05) is 0 Å². The predicted octanol–water partition coefficient (Wildman–Crippen LogP) is 5.05. The SMILES string of the molecule is C1=C(CSC2=NCc3ccccc3N2)N2C[C@H](Cc3c[nH]c4ccccc34)N=C2S1. The number of thioether (sulfide) groups is 2. The minimum Gasteiger partial charge on any atom is -0.361 e. The summed E-state index contributed by atoms with van der Waals surface area (Å²) in [7, 11) is 0. The summed E-state index contributed by atoms with van der Waals surface area (Å²) < 4.78 is 0. The molecule has 0 bridgehead atoms. The Morgan fingerprint density at radius 3 is 3.03 bits per heavy atom. The van der Waals surface area contributed by atoms with Crippen LogP contribution >= 0.6 is 23.5 Å². The van der Waals surface area contributed by atoms with Crippen molar-refractivity contribution >= 4 is 50.4 Å². The number of aromatic amines is 1. The van der Waals surface area contributed by atoms with E-state index in [2.05, 4.69) is 75.3 Å². The number of H-pyrrole nitrogens is 1. The Kier molecular flexibility index (Phi) is 4.57. The Labute approximate surface area is 183 Å². The van der Waals surface area contributed by atoms with E-state index in [0.29, 0.717) is 6.04 Å². The van der Waals surface area contributed by atoms with Crippen LogP contribution in [-0.4, -0.2) is 38.6 Å². The average molecular weight is 432 g/mol. The molecule has 4 heterocycles. The average Bonchev–Trinajstić information content (AvgIpc) is 3.48. The number of nitrogens with zero attached hydrogens (tertiary/aromatic N) is 3. The summed E-state index contributed by atoms with van der Waals surface area (Å²) in [6.07, 6.45) is 3.11. The van der Waals surface area contributed by atoms with E-state index in [4.69, 9.17) is 9.98 Å². The largest absolute Gasteiger partial charge is 0.361 e. The van der Waals surface area contributed by atoms with E-state index in [-0.39, 0.29) is 0 Å². The highest BCUT2D eigenvalue weighted by Gasteiger charge is 2.32. The smallest absolute Gasteiger partial charge is 0.168 e. The summed E-state index contributed by atoms with van der Waals surface area (Å²) in [5.74, 6) is 0.903. The van der Waals surface area contributed by atoms with Crippen molar-refractivity contribution < 1.29 is 0 Å². The third kappa shape index (κ3) is 3.32. The highest BCUT2D eigenvalue weighted by molar-refractivity contribution is 8.17. The quantitative estimate of drug-likeness (QED) is 0.607. The number of fused-ring (bicyclic) bond motifs is 3. The van der Waals surface area contributed by atoms with E-state index < -0.39 is 0 Å². The molecule has 150 valence electrons. The molecule has 0 aliphatic carbocycles. The lowest BCUT2D eigenvalue weighted by atomic mass is 10.1. The molecule has 0 amide bonds. The number of hydrogen-bond donors (Lipinski definition) is 2. The topological polar surface area (TPSA) is 55.8 Å². The molecule has 0 saturated carbocycles. The van der Waals surface area contributed by atoms with E-state index in [1.54, 1.807) is 23.5 Å². The summed E-state index contributed by atoms with van der Waals surface area (Å²) in [5.41, 5.74) is 6.31. The van der Waals surface area contributed by atoms with Crippen molar-refractivity contribution in [1.29, 1.82) is 0 Å². The van der Waals surface area contributed by atoms with E-state index >= 15 is 0 Å². The standard InChI is InChI=1S/C23H21N5S2/c1-3-7-20-15(5-1)10-25-22(27-20)29-13-18-14-30-23-26-17(12-28(18)23)9-16-11-24-21-8-4-2-6-19(16)21/h1-8,11,14,17,24H,9-10,12-13H2,(H,25,27)/t17-/m0/s1. The first-order chi connectivity index (χ1) is 14.8. The maximum atomic E-state index is 4.99. The normalized spacial score (nSPS) is 19.8. The molecule has 0 saturated heterocycles. The first-order valence-electron chi connectivity index (χ1n) is 10.1. The number of amidine groups is 2. The van der Waals surface area contributed by atoms with Gasteiger partial charge in [-0.1, -0.05) is 59.9 Å².